The Morgan fingerprint density at radius 3 is 2.27 bits per heavy atom. The van der Waals surface area contributed by atoms with E-state index in [1.54, 1.807) is 0 Å². The number of anilines is 1. The first-order valence-electron chi connectivity index (χ1n) is 10.5. The lowest BCUT2D eigenvalue weighted by molar-refractivity contribution is -0.121. The fourth-order valence-electron chi connectivity index (χ4n) is 3.00. The fourth-order valence-corrected chi connectivity index (χ4v) is 3.71. The van der Waals surface area contributed by atoms with E-state index in [1.807, 2.05) is 43.3 Å². The van der Waals surface area contributed by atoms with Crippen molar-refractivity contribution in [2.75, 3.05) is 11.4 Å². The summed E-state index contributed by atoms with van der Waals surface area (Å²) in [4.78, 5) is 19.3. The predicted octanol–water partition coefficient (Wildman–Crippen LogP) is 4.69. The summed E-state index contributed by atoms with van der Waals surface area (Å²) in [6.07, 6.45) is 1.14. The average molecular weight is 423 g/mol. The summed E-state index contributed by atoms with van der Waals surface area (Å²) >= 11 is 1.40. The van der Waals surface area contributed by atoms with Crippen LogP contribution in [-0.4, -0.2) is 27.9 Å². The number of aromatic nitrogens is 2. The lowest BCUT2D eigenvalue weighted by atomic mass is 10.1. The number of carbonyl (C=O) groups is 1. The van der Waals surface area contributed by atoms with E-state index >= 15 is 0 Å². The van der Waals surface area contributed by atoms with E-state index in [1.165, 1.54) is 22.7 Å². The summed E-state index contributed by atoms with van der Waals surface area (Å²) in [6.45, 7) is 7.58. The minimum atomic E-state index is 0.0725. The molecular weight excluding hydrogens is 392 g/mol. The highest BCUT2D eigenvalue weighted by Crippen LogP contribution is 2.21. The second-order valence-electron chi connectivity index (χ2n) is 7.91. The van der Waals surface area contributed by atoms with Crippen LogP contribution in [0.25, 0.3) is 0 Å². The maximum absolute atomic E-state index is 12.4. The average Bonchev–Trinajstić information content (AvgIpc) is 3.20. The van der Waals surface area contributed by atoms with E-state index in [4.69, 9.17) is 4.98 Å². The molecule has 5 nitrogen and oxygen atoms in total. The molecule has 0 saturated carbocycles. The Bertz CT molecular complexity index is 911. The Balaban J connectivity index is 1.69. The number of nitrogens with zero attached hydrogens (tertiary/aromatic N) is 3. The topological polar surface area (TPSA) is 58.1 Å². The molecule has 0 aliphatic rings. The van der Waals surface area contributed by atoms with E-state index in [-0.39, 0.29) is 11.9 Å². The Morgan fingerprint density at radius 1 is 1.00 bits per heavy atom. The van der Waals surface area contributed by atoms with Crippen molar-refractivity contribution in [3.8, 4) is 0 Å². The van der Waals surface area contributed by atoms with Crippen LogP contribution < -0.4 is 10.2 Å². The summed E-state index contributed by atoms with van der Waals surface area (Å²) in [5.41, 5.74) is 2.38. The molecule has 0 aliphatic heterocycles. The first-order valence-corrected chi connectivity index (χ1v) is 11.2. The third-order valence-corrected chi connectivity index (χ3v) is 5.96. The minimum absolute atomic E-state index is 0.0725. The molecule has 1 amide bonds. The van der Waals surface area contributed by atoms with Gasteiger partial charge < -0.3 is 10.2 Å². The summed E-state index contributed by atoms with van der Waals surface area (Å²) in [5, 5.41) is 3.95. The van der Waals surface area contributed by atoms with Gasteiger partial charge >= 0.3 is 0 Å². The largest absolute Gasteiger partial charge is 0.353 e. The molecule has 6 heteroatoms. The van der Waals surface area contributed by atoms with E-state index in [0.29, 0.717) is 31.8 Å². The Morgan fingerprint density at radius 2 is 1.63 bits per heavy atom. The summed E-state index contributed by atoms with van der Waals surface area (Å²) in [6, 6.07) is 20.7. The number of rotatable bonds is 10. The van der Waals surface area contributed by atoms with Gasteiger partial charge in [0.1, 0.15) is 5.82 Å². The van der Waals surface area contributed by atoms with Gasteiger partial charge in [0.2, 0.25) is 11.0 Å². The molecule has 0 bridgehead atoms. The van der Waals surface area contributed by atoms with Gasteiger partial charge in [-0.2, -0.15) is 4.37 Å². The number of amides is 1. The van der Waals surface area contributed by atoms with Gasteiger partial charge in [-0.25, -0.2) is 4.98 Å². The molecule has 1 atom stereocenters. The van der Waals surface area contributed by atoms with Crippen molar-refractivity contribution in [2.24, 2.45) is 5.92 Å². The normalized spacial score (nSPS) is 12.0. The number of hydrogen-bond donors (Lipinski definition) is 1. The van der Waals surface area contributed by atoms with Crippen LogP contribution in [0.5, 0.6) is 0 Å². The lowest BCUT2D eigenvalue weighted by Crippen LogP contribution is -2.38. The van der Waals surface area contributed by atoms with Gasteiger partial charge in [0, 0.05) is 43.5 Å². The quantitative estimate of drug-likeness (QED) is 0.515. The maximum Gasteiger partial charge on any atom is 0.221 e. The highest BCUT2D eigenvalue weighted by Gasteiger charge is 2.17. The number of hydrogen-bond acceptors (Lipinski definition) is 5. The minimum Gasteiger partial charge on any atom is -0.353 e. The molecular formula is C24H30N4OS. The van der Waals surface area contributed by atoms with Crippen LogP contribution in [-0.2, 0) is 17.8 Å². The van der Waals surface area contributed by atoms with E-state index < -0.39 is 0 Å². The summed E-state index contributed by atoms with van der Waals surface area (Å²) < 4.78 is 4.56. The third kappa shape index (κ3) is 6.66. The number of nitrogens with one attached hydrogen (secondary N) is 1. The molecule has 3 aromatic rings. The van der Waals surface area contributed by atoms with Crippen LogP contribution in [0.1, 0.15) is 44.1 Å². The van der Waals surface area contributed by atoms with Crippen LogP contribution in [0.3, 0.4) is 0 Å². The highest BCUT2D eigenvalue weighted by molar-refractivity contribution is 7.09. The SMILES string of the molecule is CC(C)C(C)NC(=O)CCN(Cc1ccccc1)c1nc(Cc2ccccc2)ns1. The van der Waals surface area contributed by atoms with Gasteiger partial charge in [-0.3, -0.25) is 4.79 Å². The van der Waals surface area contributed by atoms with Gasteiger partial charge in [-0.05, 0) is 24.0 Å². The second-order valence-corrected chi connectivity index (χ2v) is 8.64. The number of carbonyl (C=O) groups excluding carboxylic acids is 1. The van der Waals surface area contributed by atoms with Crippen LogP contribution in [0, 0.1) is 5.92 Å². The van der Waals surface area contributed by atoms with Gasteiger partial charge in [-0.15, -0.1) is 0 Å². The molecule has 1 unspecified atom stereocenters. The monoisotopic (exact) mass is 422 g/mol. The zero-order chi connectivity index (χ0) is 21.3. The second kappa shape index (κ2) is 10.9. The van der Waals surface area contributed by atoms with Crippen molar-refractivity contribution >= 4 is 22.6 Å². The van der Waals surface area contributed by atoms with Crippen LogP contribution in [0.15, 0.2) is 60.7 Å². The van der Waals surface area contributed by atoms with Crippen molar-refractivity contribution in [2.45, 2.75) is 46.2 Å². The van der Waals surface area contributed by atoms with Crippen molar-refractivity contribution < 1.29 is 4.79 Å². The standard InChI is InChI=1S/C24H30N4OS/c1-18(2)19(3)25-23(29)14-15-28(17-21-12-8-5-9-13-21)24-26-22(27-30-24)16-20-10-6-4-7-11-20/h4-13,18-19H,14-17H2,1-3H3,(H,25,29). The molecule has 0 saturated heterocycles. The first-order chi connectivity index (χ1) is 14.5. The van der Waals surface area contributed by atoms with Crippen LogP contribution >= 0.6 is 11.5 Å². The van der Waals surface area contributed by atoms with E-state index in [9.17, 15) is 4.79 Å². The molecule has 3 rings (SSSR count). The van der Waals surface area contributed by atoms with Gasteiger partial charge in [0.15, 0.2) is 0 Å². The Hall–Kier alpha value is -2.73. The molecule has 30 heavy (non-hydrogen) atoms. The molecule has 1 N–H and O–H groups in total. The van der Waals surface area contributed by atoms with Crippen molar-refractivity contribution in [3.63, 3.8) is 0 Å². The molecule has 0 spiro atoms. The van der Waals surface area contributed by atoms with Crippen molar-refractivity contribution in [3.05, 3.63) is 77.6 Å². The maximum atomic E-state index is 12.4. The lowest BCUT2D eigenvalue weighted by Gasteiger charge is -2.22. The van der Waals surface area contributed by atoms with Gasteiger partial charge in [0.05, 0.1) is 0 Å². The smallest absolute Gasteiger partial charge is 0.221 e. The van der Waals surface area contributed by atoms with Crippen LogP contribution in [0.4, 0.5) is 5.13 Å². The Labute approximate surface area is 183 Å². The molecule has 0 fully saturated rings. The third-order valence-electron chi connectivity index (χ3n) is 5.15. The molecule has 2 aromatic carbocycles. The van der Waals surface area contributed by atoms with E-state index in [2.05, 4.69) is 52.7 Å². The predicted molar refractivity (Wildman–Crippen MR) is 124 cm³/mol. The Kier molecular flexibility index (Phi) is 7.97. The number of benzene rings is 2. The zero-order valence-corrected chi connectivity index (χ0v) is 18.7. The summed E-state index contributed by atoms with van der Waals surface area (Å²) in [7, 11) is 0. The molecule has 1 heterocycles. The fraction of sp³-hybridized carbons (Fsp3) is 0.375. The molecule has 0 radical (unpaired) electrons. The molecule has 158 valence electrons. The van der Waals surface area contributed by atoms with E-state index in [0.717, 1.165) is 11.0 Å². The molecule has 1 aromatic heterocycles. The van der Waals surface area contributed by atoms with Crippen molar-refractivity contribution in [1.82, 2.24) is 14.7 Å². The van der Waals surface area contributed by atoms with Crippen LogP contribution in [0.2, 0.25) is 0 Å². The first kappa shape index (κ1) is 22.0. The van der Waals surface area contributed by atoms with Gasteiger partial charge in [0.25, 0.3) is 0 Å². The van der Waals surface area contributed by atoms with Gasteiger partial charge in [-0.1, -0.05) is 74.5 Å². The zero-order valence-electron chi connectivity index (χ0n) is 17.9. The summed E-state index contributed by atoms with van der Waals surface area (Å²) in [5.74, 6) is 1.30. The highest BCUT2D eigenvalue weighted by atomic mass is 32.1. The molecule has 0 aliphatic carbocycles. The van der Waals surface area contributed by atoms with Crippen molar-refractivity contribution in [1.29, 1.82) is 0 Å².